The second-order valence-corrected chi connectivity index (χ2v) is 5.65. The third-order valence-electron chi connectivity index (χ3n) is 2.58. The van der Waals surface area contributed by atoms with Crippen molar-refractivity contribution < 1.29 is 14.3 Å². The highest BCUT2D eigenvalue weighted by Gasteiger charge is 2.13. The molecule has 0 heterocycles. The maximum absolute atomic E-state index is 11.6. The fourth-order valence-electron chi connectivity index (χ4n) is 1.54. The third-order valence-corrected chi connectivity index (χ3v) is 3.17. The minimum absolute atomic E-state index is 0.0519. The predicted molar refractivity (Wildman–Crippen MR) is 81.9 cm³/mol. The molecule has 5 nitrogen and oxygen atoms in total. The lowest BCUT2D eigenvalue weighted by atomic mass is 10.2. The second-order valence-electron chi connectivity index (χ2n) is 4.80. The normalized spacial score (nSPS) is 10.5. The van der Waals surface area contributed by atoms with E-state index in [0.29, 0.717) is 35.0 Å². The van der Waals surface area contributed by atoms with Crippen LogP contribution in [0.4, 0.5) is 0 Å². The molecule has 1 aromatic rings. The molecule has 0 aliphatic carbocycles. The maximum atomic E-state index is 11.6. The number of nitrogens with one attached hydrogen (secondary N) is 1. The molecule has 1 amide bonds. The molecule has 0 aromatic heterocycles. The van der Waals surface area contributed by atoms with Gasteiger partial charge in [0.05, 0.1) is 11.6 Å². The van der Waals surface area contributed by atoms with Gasteiger partial charge in [-0.05, 0) is 39.5 Å². The summed E-state index contributed by atoms with van der Waals surface area (Å²) in [7, 11) is 1.55. The summed E-state index contributed by atoms with van der Waals surface area (Å²) >= 11 is 3.40. The number of benzene rings is 1. The van der Waals surface area contributed by atoms with Gasteiger partial charge in [-0.1, -0.05) is 13.8 Å². The molecule has 3 N–H and O–H groups in total. The van der Waals surface area contributed by atoms with Crippen LogP contribution in [0, 0.1) is 5.92 Å². The predicted octanol–water partition coefficient (Wildman–Crippen LogP) is 2.07. The monoisotopic (exact) mass is 344 g/mol. The Kier molecular flexibility index (Phi) is 6.81. The van der Waals surface area contributed by atoms with E-state index < -0.39 is 0 Å². The van der Waals surface area contributed by atoms with Gasteiger partial charge in [0.25, 0.3) is 5.91 Å². The Morgan fingerprint density at radius 1 is 1.45 bits per heavy atom. The van der Waals surface area contributed by atoms with Gasteiger partial charge >= 0.3 is 0 Å². The molecule has 0 saturated heterocycles. The van der Waals surface area contributed by atoms with Gasteiger partial charge < -0.3 is 20.5 Å². The van der Waals surface area contributed by atoms with Crippen LogP contribution in [0.3, 0.4) is 0 Å². The van der Waals surface area contributed by atoms with Crippen molar-refractivity contribution in [3.8, 4) is 11.5 Å². The van der Waals surface area contributed by atoms with E-state index in [9.17, 15) is 4.79 Å². The number of halogens is 1. The molecule has 0 radical (unpaired) electrons. The Labute approximate surface area is 127 Å². The molecule has 0 aliphatic heterocycles. The molecule has 0 atom stereocenters. The largest absolute Gasteiger partial charge is 0.493 e. The Bertz CT molecular complexity index is 464. The highest BCUT2D eigenvalue weighted by Crippen LogP contribution is 2.36. The van der Waals surface area contributed by atoms with E-state index in [-0.39, 0.29) is 12.5 Å². The second kappa shape index (κ2) is 8.11. The number of rotatable bonds is 7. The smallest absolute Gasteiger partial charge is 0.257 e. The molecule has 0 aliphatic rings. The summed E-state index contributed by atoms with van der Waals surface area (Å²) in [5, 5.41) is 2.79. The zero-order valence-corrected chi connectivity index (χ0v) is 13.6. The number of carbonyl (C=O) groups excluding carboxylic acids is 1. The summed E-state index contributed by atoms with van der Waals surface area (Å²) < 4.78 is 11.5. The molecule has 0 bridgehead atoms. The van der Waals surface area contributed by atoms with Crippen molar-refractivity contribution in [3.63, 3.8) is 0 Å². The molecule has 6 heteroatoms. The van der Waals surface area contributed by atoms with Crippen LogP contribution < -0.4 is 20.5 Å². The van der Waals surface area contributed by atoms with Crippen molar-refractivity contribution in [2.45, 2.75) is 20.4 Å². The number of amides is 1. The van der Waals surface area contributed by atoms with Crippen molar-refractivity contribution in [1.82, 2.24) is 5.32 Å². The highest BCUT2D eigenvalue weighted by atomic mass is 79.9. The van der Waals surface area contributed by atoms with Gasteiger partial charge in [-0.25, -0.2) is 0 Å². The van der Waals surface area contributed by atoms with Crippen LogP contribution in [-0.4, -0.2) is 26.2 Å². The summed E-state index contributed by atoms with van der Waals surface area (Å²) in [4.78, 5) is 11.6. The van der Waals surface area contributed by atoms with Gasteiger partial charge in [0.1, 0.15) is 0 Å². The topological polar surface area (TPSA) is 73.6 Å². The number of nitrogens with two attached hydrogens (primary N) is 1. The van der Waals surface area contributed by atoms with Crippen LogP contribution in [0.5, 0.6) is 11.5 Å². The van der Waals surface area contributed by atoms with E-state index in [4.69, 9.17) is 15.2 Å². The van der Waals surface area contributed by atoms with Crippen molar-refractivity contribution in [1.29, 1.82) is 0 Å². The zero-order chi connectivity index (χ0) is 15.1. The molecule has 1 rings (SSSR count). The molecule has 1 aromatic carbocycles. The summed E-state index contributed by atoms with van der Waals surface area (Å²) in [6, 6.07) is 3.65. The van der Waals surface area contributed by atoms with Crippen LogP contribution in [0.15, 0.2) is 16.6 Å². The Morgan fingerprint density at radius 3 is 2.70 bits per heavy atom. The van der Waals surface area contributed by atoms with E-state index >= 15 is 0 Å². The lowest BCUT2D eigenvalue weighted by Crippen LogP contribution is -2.31. The lowest BCUT2D eigenvalue weighted by molar-refractivity contribution is -0.123. The molecule has 112 valence electrons. The maximum Gasteiger partial charge on any atom is 0.257 e. The number of ether oxygens (including phenoxy) is 2. The lowest BCUT2D eigenvalue weighted by Gasteiger charge is -2.14. The number of hydrogen-bond donors (Lipinski definition) is 2. The third kappa shape index (κ3) is 5.02. The number of carbonyl (C=O) groups is 1. The molecular weight excluding hydrogens is 324 g/mol. The number of methoxy groups -OCH3 is 1. The molecule has 0 unspecified atom stereocenters. The van der Waals surface area contributed by atoms with Gasteiger partial charge in [-0.2, -0.15) is 0 Å². The Morgan fingerprint density at radius 2 is 2.15 bits per heavy atom. The van der Waals surface area contributed by atoms with Crippen LogP contribution in [0.25, 0.3) is 0 Å². The van der Waals surface area contributed by atoms with E-state index in [1.165, 1.54) is 0 Å². The van der Waals surface area contributed by atoms with Crippen LogP contribution in [0.1, 0.15) is 19.4 Å². The summed E-state index contributed by atoms with van der Waals surface area (Å²) in [5.74, 6) is 1.31. The SMILES string of the molecule is COc1cc(CN)cc(Br)c1OCC(=O)NCC(C)C. The van der Waals surface area contributed by atoms with Crippen LogP contribution in [-0.2, 0) is 11.3 Å². The van der Waals surface area contributed by atoms with Gasteiger partial charge in [0.2, 0.25) is 0 Å². The first-order valence-electron chi connectivity index (χ1n) is 6.43. The van der Waals surface area contributed by atoms with Gasteiger partial charge in [-0.3, -0.25) is 4.79 Å². The van der Waals surface area contributed by atoms with Crippen molar-refractivity contribution in [2.75, 3.05) is 20.3 Å². The van der Waals surface area contributed by atoms with Crippen molar-refractivity contribution >= 4 is 21.8 Å². The fraction of sp³-hybridized carbons (Fsp3) is 0.500. The fourth-order valence-corrected chi connectivity index (χ4v) is 2.14. The molecule has 0 fully saturated rings. The molecule has 0 spiro atoms. The summed E-state index contributed by atoms with van der Waals surface area (Å²) in [6.07, 6.45) is 0. The Balaban J connectivity index is 2.70. The van der Waals surface area contributed by atoms with Crippen LogP contribution in [0.2, 0.25) is 0 Å². The molecular formula is C14H21BrN2O3. The van der Waals surface area contributed by atoms with E-state index in [2.05, 4.69) is 21.2 Å². The van der Waals surface area contributed by atoms with Gasteiger partial charge in [-0.15, -0.1) is 0 Å². The first-order chi connectivity index (χ1) is 9.47. The number of hydrogen-bond acceptors (Lipinski definition) is 4. The summed E-state index contributed by atoms with van der Waals surface area (Å²) in [6.45, 7) is 5.05. The minimum Gasteiger partial charge on any atom is -0.493 e. The quantitative estimate of drug-likeness (QED) is 0.794. The summed E-state index contributed by atoms with van der Waals surface area (Å²) in [5.41, 5.74) is 6.52. The standard InChI is InChI=1S/C14H21BrN2O3/c1-9(2)7-17-13(18)8-20-14-11(15)4-10(6-16)5-12(14)19-3/h4-5,9H,6-8,16H2,1-3H3,(H,17,18). The highest BCUT2D eigenvalue weighted by molar-refractivity contribution is 9.10. The van der Waals surface area contributed by atoms with E-state index in [1.54, 1.807) is 13.2 Å². The van der Waals surface area contributed by atoms with Gasteiger partial charge in [0, 0.05) is 13.1 Å². The average Bonchev–Trinajstić information content (AvgIpc) is 2.42. The first-order valence-corrected chi connectivity index (χ1v) is 7.23. The van der Waals surface area contributed by atoms with E-state index in [1.807, 2.05) is 19.9 Å². The molecule has 0 saturated carbocycles. The van der Waals surface area contributed by atoms with Gasteiger partial charge in [0.15, 0.2) is 18.1 Å². The minimum atomic E-state index is -0.157. The van der Waals surface area contributed by atoms with Crippen LogP contribution >= 0.6 is 15.9 Å². The average molecular weight is 345 g/mol. The van der Waals surface area contributed by atoms with E-state index in [0.717, 1.165) is 5.56 Å². The Hall–Kier alpha value is -1.27. The van der Waals surface area contributed by atoms with Crippen molar-refractivity contribution in [2.24, 2.45) is 11.7 Å². The zero-order valence-electron chi connectivity index (χ0n) is 12.0. The molecule has 20 heavy (non-hydrogen) atoms. The van der Waals surface area contributed by atoms with Crippen molar-refractivity contribution in [3.05, 3.63) is 22.2 Å². The first kappa shape index (κ1) is 16.8.